The van der Waals surface area contributed by atoms with Gasteiger partial charge in [-0.3, -0.25) is 13.9 Å². The van der Waals surface area contributed by atoms with Crippen LogP contribution in [0.25, 0.3) is 0 Å². The Kier molecular flexibility index (Phi) is 11.5. The fourth-order valence-corrected chi connectivity index (χ4v) is 6.68. The zero-order chi connectivity index (χ0) is 33.5. The first-order chi connectivity index (χ1) is 21.8. The van der Waals surface area contributed by atoms with Gasteiger partial charge in [-0.2, -0.15) is 0 Å². The third kappa shape index (κ3) is 9.34. The Morgan fingerprint density at radius 2 is 1.54 bits per heavy atom. The number of amides is 2. The first-order valence-electron chi connectivity index (χ1n) is 14.6. The zero-order valence-corrected chi connectivity index (χ0v) is 29.3. The van der Waals surface area contributed by atoms with Gasteiger partial charge in [0.25, 0.3) is 10.0 Å². The van der Waals surface area contributed by atoms with Crippen LogP contribution in [0.5, 0.6) is 5.75 Å². The van der Waals surface area contributed by atoms with Gasteiger partial charge in [0.2, 0.25) is 11.8 Å². The molecule has 0 aromatic heterocycles. The van der Waals surface area contributed by atoms with Crippen LogP contribution in [0.3, 0.4) is 0 Å². The highest BCUT2D eigenvalue weighted by Gasteiger charge is 2.35. The molecule has 1 atom stereocenters. The average Bonchev–Trinajstić information content (AvgIpc) is 3.02. The molecule has 0 radical (unpaired) electrons. The van der Waals surface area contributed by atoms with Gasteiger partial charge in [0, 0.05) is 28.0 Å². The number of halogens is 2. The van der Waals surface area contributed by atoms with Crippen LogP contribution in [-0.4, -0.2) is 50.4 Å². The van der Waals surface area contributed by atoms with E-state index in [1.807, 2.05) is 75.4 Å². The Bertz CT molecular complexity index is 1750. The van der Waals surface area contributed by atoms with E-state index >= 15 is 0 Å². The largest absolute Gasteiger partial charge is 0.497 e. The molecule has 0 saturated heterocycles. The standard InChI is InChI=1S/C35H37BrClN3O5S/c1-35(2,3)38-34(42)32(21-25-9-6-5-7-10-25)39(23-26-13-15-27(36)16-14-26)33(41)24-40(29-12-8-11-28(37)22-29)46(43,44)31-19-17-30(45-4)18-20-31/h5-20,22,32H,21,23-24H2,1-4H3,(H,38,42)/t32-/m0/s1. The highest BCUT2D eigenvalue weighted by Crippen LogP contribution is 2.28. The Morgan fingerprint density at radius 3 is 2.13 bits per heavy atom. The van der Waals surface area contributed by atoms with Crippen LogP contribution in [0.4, 0.5) is 5.69 Å². The molecule has 4 rings (SSSR count). The molecule has 8 nitrogen and oxygen atoms in total. The molecular formula is C35H37BrClN3O5S. The Labute approximate surface area is 284 Å². The third-order valence-electron chi connectivity index (χ3n) is 7.06. The van der Waals surface area contributed by atoms with E-state index in [9.17, 15) is 18.0 Å². The number of anilines is 1. The number of nitrogens with zero attached hydrogens (tertiary/aromatic N) is 2. The molecule has 11 heteroatoms. The molecule has 4 aromatic carbocycles. The van der Waals surface area contributed by atoms with Crippen LogP contribution < -0.4 is 14.4 Å². The molecule has 0 aliphatic rings. The molecule has 0 unspecified atom stereocenters. The van der Waals surface area contributed by atoms with Crippen LogP contribution in [-0.2, 0) is 32.6 Å². The lowest BCUT2D eigenvalue weighted by Gasteiger charge is -2.35. The monoisotopic (exact) mass is 725 g/mol. The maximum Gasteiger partial charge on any atom is 0.264 e. The fourth-order valence-electron chi connectivity index (χ4n) is 4.83. The van der Waals surface area contributed by atoms with Crippen molar-refractivity contribution in [1.29, 1.82) is 0 Å². The summed E-state index contributed by atoms with van der Waals surface area (Å²) in [6.07, 6.45) is 0.216. The van der Waals surface area contributed by atoms with Gasteiger partial charge >= 0.3 is 0 Å². The van der Waals surface area contributed by atoms with E-state index in [1.165, 1.54) is 42.3 Å². The van der Waals surface area contributed by atoms with Crippen LogP contribution in [0.15, 0.2) is 112 Å². The molecule has 1 N–H and O–H groups in total. The summed E-state index contributed by atoms with van der Waals surface area (Å²) in [6.45, 7) is 5.08. The summed E-state index contributed by atoms with van der Waals surface area (Å²) in [4.78, 5) is 29.9. The van der Waals surface area contributed by atoms with Crippen LogP contribution in [0.2, 0.25) is 5.02 Å². The van der Waals surface area contributed by atoms with Gasteiger partial charge in [-0.25, -0.2) is 8.42 Å². The van der Waals surface area contributed by atoms with Crippen molar-refractivity contribution >= 4 is 55.1 Å². The Balaban J connectivity index is 1.81. The summed E-state index contributed by atoms with van der Waals surface area (Å²) in [5.41, 5.74) is 1.25. The van der Waals surface area contributed by atoms with E-state index < -0.39 is 34.1 Å². The summed E-state index contributed by atoms with van der Waals surface area (Å²) >= 11 is 9.75. The van der Waals surface area contributed by atoms with Gasteiger partial charge in [-0.15, -0.1) is 0 Å². The second-order valence-corrected chi connectivity index (χ2v) is 15.0. The fraction of sp³-hybridized carbons (Fsp3) is 0.257. The number of sulfonamides is 1. The molecule has 0 saturated carbocycles. The van der Waals surface area contributed by atoms with Crippen molar-refractivity contribution < 1.29 is 22.7 Å². The lowest BCUT2D eigenvalue weighted by molar-refractivity contribution is -0.140. The second kappa shape index (κ2) is 15.2. The van der Waals surface area contributed by atoms with Crippen molar-refractivity contribution in [1.82, 2.24) is 10.2 Å². The van der Waals surface area contributed by atoms with Gasteiger partial charge in [-0.1, -0.05) is 76.1 Å². The van der Waals surface area contributed by atoms with Gasteiger partial charge in [0.1, 0.15) is 18.3 Å². The van der Waals surface area contributed by atoms with Crippen molar-refractivity contribution in [3.05, 3.63) is 124 Å². The molecule has 4 aromatic rings. The van der Waals surface area contributed by atoms with Crippen LogP contribution in [0.1, 0.15) is 31.9 Å². The number of benzene rings is 4. The van der Waals surface area contributed by atoms with E-state index in [0.717, 1.165) is 19.9 Å². The smallest absolute Gasteiger partial charge is 0.264 e. The normalized spacial score (nSPS) is 12.2. The number of methoxy groups -OCH3 is 1. The average molecular weight is 727 g/mol. The minimum Gasteiger partial charge on any atom is -0.497 e. The number of rotatable bonds is 12. The van der Waals surface area contributed by atoms with Gasteiger partial charge in [-0.05, 0) is 86.5 Å². The summed E-state index contributed by atoms with van der Waals surface area (Å²) in [6, 6.07) is 28.1. The number of ether oxygens (including phenoxy) is 1. The van der Waals surface area contributed by atoms with E-state index in [1.54, 1.807) is 18.2 Å². The van der Waals surface area contributed by atoms with Crippen LogP contribution >= 0.6 is 27.5 Å². The molecule has 2 amide bonds. The van der Waals surface area contributed by atoms with Crippen molar-refractivity contribution in [3.63, 3.8) is 0 Å². The quantitative estimate of drug-likeness (QED) is 0.172. The predicted molar refractivity (Wildman–Crippen MR) is 185 cm³/mol. The number of carbonyl (C=O) groups is 2. The van der Waals surface area contributed by atoms with Gasteiger partial charge in [0.15, 0.2) is 0 Å². The molecule has 0 spiro atoms. The Morgan fingerprint density at radius 1 is 0.891 bits per heavy atom. The van der Waals surface area contributed by atoms with Crippen molar-refractivity contribution in [2.45, 2.75) is 50.2 Å². The minimum atomic E-state index is -4.27. The van der Waals surface area contributed by atoms with Crippen molar-refractivity contribution in [2.24, 2.45) is 0 Å². The topological polar surface area (TPSA) is 96.0 Å². The summed E-state index contributed by atoms with van der Waals surface area (Å²) in [7, 11) is -2.78. The van der Waals surface area contributed by atoms with Crippen LogP contribution in [0, 0.1) is 0 Å². The molecule has 0 fully saturated rings. The summed E-state index contributed by atoms with van der Waals surface area (Å²) in [5, 5.41) is 3.33. The molecule has 0 aliphatic carbocycles. The molecule has 0 bridgehead atoms. The molecule has 46 heavy (non-hydrogen) atoms. The molecule has 242 valence electrons. The van der Waals surface area contributed by atoms with Gasteiger partial charge in [0.05, 0.1) is 17.7 Å². The Hall–Kier alpha value is -3.86. The third-order valence-corrected chi connectivity index (χ3v) is 9.61. The summed E-state index contributed by atoms with van der Waals surface area (Å²) in [5.74, 6) is -0.433. The number of hydrogen-bond acceptors (Lipinski definition) is 5. The first-order valence-corrected chi connectivity index (χ1v) is 17.2. The van der Waals surface area contributed by atoms with Crippen molar-refractivity contribution in [2.75, 3.05) is 18.0 Å². The lowest BCUT2D eigenvalue weighted by atomic mass is 10.0. The minimum absolute atomic E-state index is 0.0353. The lowest BCUT2D eigenvalue weighted by Crippen LogP contribution is -2.56. The molecule has 0 aliphatic heterocycles. The maximum atomic E-state index is 14.5. The maximum absolute atomic E-state index is 14.5. The highest BCUT2D eigenvalue weighted by molar-refractivity contribution is 9.10. The number of nitrogens with one attached hydrogen (secondary N) is 1. The van der Waals surface area contributed by atoms with Gasteiger partial charge < -0.3 is 15.0 Å². The van der Waals surface area contributed by atoms with Crippen molar-refractivity contribution in [3.8, 4) is 5.75 Å². The second-order valence-electron chi connectivity index (χ2n) is 11.8. The number of carbonyl (C=O) groups excluding carboxylic acids is 2. The van der Waals surface area contributed by atoms with E-state index in [-0.39, 0.29) is 29.5 Å². The van der Waals surface area contributed by atoms with E-state index in [2.05, 4.69) is 21.2 Å². The summed E-state index contributed by atoms with van der Waals surface area (Å²) < 4.78 is 35.4. The van der Waals surface area contributed by atoms with E-state index in [0.29, 0.717) is 10.8 Å². The van der Waals surface area contributed by atoms with E-state index in [4.69, 9.17) is 16.3 Å². The highest BCUT2D eigenvalue weighted by atomic mass is 79.9. The first kappa shape index (κ1) is 35.0. The number of hydrogen-bond donors (Lipinski definition) is 1. The predicted octanol–water partition coefficient (Wildman–Crippen LogP) is 6.86. The molecular weight excluding hydrogens is 690 g/mol. The zero-order valence-electron chi connectivity index (χ0n) is 26.1. The molecule has 0 heterocycles. The SMILES string of the molecule is COc1ccc(S(=O)(=O)N(CC(=O)N(Cc2ccc(Br)cc2)[C@@H](Cc2ccccc2)C(=O)NC(C)(C)C)c2cccc(Cl)c2)cc1.